The first-order chi connectivity index (χ1) is 12.4. The van der Waals surface area contributed by atoms with E-state index in [1.54, 1.807) is 42.5 Å². The molecule has 6 heteroatoms. The monoisotopic (exact) mass is 357 g/mol. The Bertz CT molecular complexity index is 914. The van der Waals surface area contributed by atoms with Crippen LogP contribution < -0.4 is 5.32 Å². The van der Waals surface area contributed by atoms with Crippen molar-refractivity contribution in [2.45, 2.75) is 6.18 Å². The molecule has 3 nitrogen and oxygen atoms in total. The molecular weight excluding hydrogens is 343 g/mol. The summed E-state index contributed by atoms with van der Waals surface area (Å²) in [5.74, 6) is -0.243. The SMILES string of the molecule is O=C(Nc1ccccc1C(F)(F)F)/C(=C/c1ccco1)c1ccccc1. The molecule has 1 N–H and O–H groups in total. The van der Waals surface area contributed by atoms with Crippen LogP contribution in [0.25, 0.3) is 11.6 Å². The van der Waals surface area contributed by atoms with Gasteiger partial charge in [0.15, 0.2) is 0 Å². The Hall–Kier alpha value is -3.28. The van der Waals surface area contributed by atoms with Gasteiger partial charge >= 0.3 is 6.18 Å². The highest BCUT2D eigenvalue weighted by molar-refractivity contribution is 6.29. The van der Waals surface area contributed by atoms with E-state index in [-0.39, 0.29) is 11.3 Å². The van der Waals surface area contributed by atoms with Crippen molar-refractivity contribution in [3.05, 3.63) is 89.9 Å². The molecule has 1 aromatic heterocycles. The Morgan fingerprint density at radius 2 is 1.62 bits per heavy atom. The number of carbonyl (C=O) groups is 1. The molecule has 3 aromatic rings. The van der Waals surface area contributed by atoms with E-state index in [1.165, 1.54) is 30.5 Å². The Morgan fingerprint density at radius 3 is 2.27 bits per heavy atom. The molecule has 0 saturated carbocycles. The molecule has 0 unspecified atom stereocenters. The van der Waals surface area contributed by atoms with E-state index in [0.717, 1.165) is 6.07 Å². The van der Waals surface area contributed by atoms with Gasteiger partial charge in [0.25, 0.3) is 5.91 Å². The molecule has 2 aromatic carbocycles. The van der Waals surface area contributed by atoms with Crippen LogP contribution in [0.3, 0.4) is 0 Å². The van der Waals surface area contributed by atoms with Crippen LogP contribution in [0.2, 0.25) is 0 Å². The number of anilines is 1. The van der Waals surface area contributed by atoms with E-state index >= 15 is 0 Å². The minimum Gasteiger partial charge on any atom is -0.465 e. The summed E-state index contributed by atoms with van der Waals surface area (Å²) in [5, 5.41) is 2.36. The Labute approximate surface area is 147 Å². The highest BCUT2D eigenvalue weighted by Crippen LogP contribution is 2.35. The molecule has 0 fully saturated rings. The van der Waals surface area contributed by atoms with Crippen LogP contribution in [0.4, 0.5) is 18.9 Å². The van der Waals surface area contributed by atoms with Crippen molar-refractivity contribution in [1.82, 2.24) is 0 Å². The summed E-state index contributed by atoms with van der Waals surface area (Å²) < 4.78 is 44.7. The largest absolute Gasteiger partial charge is 0.465 e. The molecule has 0 bridgehead atoms. The predicted molar refractivity (Wildman–Crippen MR) is 93.1 cm³/mol. The van der Waals surface area contributed by atoms with Crippen LogP contribution in [0.15, 0.2) is 77.4 Å². The fourth-order valence-electron chi connectivity index (χ4n) is 2.44. The third-order valence-electron chi connectivity index (χ3n) is 3.64. The number of rotatable bonds is 4. The minimum atomic E-state index is -4.57. The molecule has 0 saturated heterocycles. The lowest BCUT2D eigenvalue weighted by atomic mass is 10.0. The summed E-state index contributed by atoms with van der Waals surface area (Å²) in [4.78, 5) is 12.7. The number of alkyl halides is 3. The molecule has 1 heterocycles. The number of carbonyl (C=O) groups excluding carboxylic acids is 1. The average molecular weight is 357 g/mol. The Balaban J connectivity index is 1.98. The van der Waals surface area contributed by atoms with Crippen LogP contribution in [-0.2, 0) is 11.0 Å². The second-order valence-corrected chi connectivity index (χ2v) is 5.44. The fourth-order valence-corrected chi connectivity index (χ4v) is 2.44. The van der Waals surface area contributed by atoms with Gasteiger partial charge in [0.2, 0.25) is 0 Å². The van der Waals surface area contributed by atoms with Gasteiger partial charge in [-0.25, -0.2) is 0 Å². The van der Waals surface area contributed by atoms with Crippen LogP contribution in [-0.4, -0.2) is 5.91 Å². The van der Waals surface area contributed by atoms with Gasteiger partial charge in [0.1, 0.15) is 5.76 Å². The molecule has 0 aliphatic carbocycles. The van der Waals surface area contributed by atoms with Gasteiger partial charge in [-0.15, -0.1) is 0 Å². The number of benzene rings is 2. The number of halogens is 3. The highest BCUT2D eigenvalue weighted by Gasteiger charge is 2.33. The molecule has 0 aliphatic rings. The Morgan fingerprint density at radius 1 is 0.923 bits per heavy atom. The topological polar surface area (TPSA) is 42.2 Å². The molecule has 0 aliphatic heterocycles. The van der Waals surface area contributed by atoms with E-state index in [9.17, 15) is 18.0 Å². The maximum Gasteiger partial charge on any atom is 0.418 e. The van der Waals surface area contributed by atoms with Gasteiger partial charge in [0, 0.05) is 0 Å². The lowest BCUT2D eigenvalue weighted by molar-refractivity contribution is -0.136. The summed E-state index contributed by atoms with van der Waals surface area (Å²) in [6.45, 7) is 0. The lowest BCUT2D eigenvalue weighted by Crippen LogP contribution is -2.17. The fraction of sp³-hybridized carbons (Fsp3) is 0.0500. The molecule has 0 radical (unpaired) electrons. The van der Waals surface area contributed by atoms with Crippen LogP contribution in [0, 0.1) is 0 Å². The third kappa shape index (κ3) is 4.03. The van der Waals surface area contributed by atoms with E-state index in [2.05, 4.69) is 5.32 Å². The molecule has 3 rings (SSSR count). The zero-order valence-electron chi connectivity index (χ0n) is 13.5. The van der Waals surface area contributed by atoms with Crippen molar-refractivity contribution >= 4 is 23.2 Å². The van der Waals surface area contributed by atoms with Gasteiger partial charge in [-0.05, 0) is 35.9 Å². The van der Waals surface area contributed by atoms with Crippen molar-refractivity contribution in [3.63, 3.8) is 0 Å². The third-order valence-corrected chi connectivity index (χ3v) is 3.64. The quantitative estimate of drug-likeness (QED) is 0.629. The van der Waals surface area contributed by atoms with Crippen molar-refractivity contribution in [3.8, 4) is 0 Å². The van der Waals surface area contributed by atoms with Crippen molar-refractivity contribution < 1.29 is 22.4 Å². The number of amides is 1. The molecule has 0 atom stereocenters. The maximum atomic E-state index is 13.1. The van der Waals surface area contributed by atoms with Gasteiger partial charge in [-0.1, -0.05) is 42.5 Å². The van der Waals surface area contributed by atoms with E-state index in [4.69, 9.17) is 4.42 Å². The molecule has 132 valence electrons. The van der Waals surface area contributed by atoms with Crippen molar-refractivity contribution in [1.29, 1.82) is 0 Å². The van der Waals surface area contributed by atoms with Gasteiger partial charge < -0.3 is 9.73 Å². The number of nitrogens with one attached hydrogen (secondary N) is 1. The summed E-state index contributed by atoms with van der Waals surface area (Å²) in [6.07, 6.45) is -1.63. The first kappa shape index (κ1) is 17.5. The number of para-hydroxylation sites is 1. The zero-order chi connectivity index (χ0) is 18.6. The standard InChI is InChI=1S/C20H14F3NO2/c21-20(22,23)17-10-4-5-11-18(17)24-19(25)16(13-15-9-6-12-26-15)14-7-2-1-3-8-14/h1-13H,(H,24,25)/b16-13+. The molecule has 1 amide bonds. The van der Waals surface area contributed by atoms with E-state index in [1.807, 2.05) is 0 Å². The lowest BCUT2D eigenvalue weighted by Gasteiger charge is -2.14. The Kier molecular flexibility index (Phi) is 4.93. The summed E-state index contributed by atoms with van der Waals surface area (Å²) in [5.41, 5.74) is -0.451. The summed E-state index contributed by atoms with van der Waals surface area (Å²) in [6, 6.07) is 16.8. The first-order valence-electron chi connectivity index (χ1n) is 7.73. The summed E-state index contributed by atoms with van der Waals surface area (Å²) in [7, 11) is 0. The zero-order valence-corrected chi connectivity index (χ0v) is 13.5. The summed E-state index contributed by atoms with van der Waals surface area (Å²) >= 11 is 0. The normalized spacial score (nSPS) is 12.0. The second kappa shape index (κ2) is 7.31. The van der Waals surface area contributed by atoms with Crippen LogP contribution >= 0.6 is 0 Å². The number of hydrogen-bond donors (Lipinski definition) is 1. The van der Waals surface area contributed by atoms with Crippen molar-refractivity contribution in [2.75, 3.05) is 5.32 Å². The van der Waals surface area contributed by atoms with Crippen LogP contribution in [0.1, 0.15) is 16.9 Å². The highest BCUT2D eigenvalue weighted by atomic mass is 19.4. The molecule has 26 heavy (non-hydrogen) atoms. The number of furan rings is 1. The first-order valence-corrected chi connectivity index (χ1v) is 7.73. The van der Waals surface area contributed by atoms with E-state index < -0.39 is 17.6 Å². The average Bonchev–Trinajstić information content (AvgIpc) is 3.13. The van der Waals surface area contributed by atoms with Gasteiger partial charge in [-0.3, -0.25) is 4.79 Å². The number of hydrogen-bond acceptors (Lipinski definition) is 2. The smallest absolute Gasteiger partial charge is 0.418 e. The van der Waals surface area contributed by atoms with Gasteiger partial charge in [-0.2, -0.15) is 13.2 Å². The van der Waals surface area contributed by atoms with Gasteiger partial charge in [0.05, 0.1) is 23.1 Å². The predicted octanol–water partition coefficient (Wildman–Crippen LogP) is 5.48. The van der Waals surface area contributed by atoms with E-state index in [0.29, 0.717) is 11.3 Å². The molecule has 0 spiro atoms. The molecular formula is C20H14F3NO2. The maximum absolute atomic E-state index is 13.1. The minimum absolute atomic E-state index is 0.192. The van der Waals surface area contributed by atoms with Crippen LogP contribution in [0.5, 0.6) is 0 Å². The second-order valence-electron chi connectivity index (χ2n) is 5.44. The van der Waals surface area contributed by atoms with Crippen molar-refractivity contribution in [2.24, 2.45) is 0 Å².